The Labute approximate surface area is 130 Å². The Hall–Kier alpha value is -1.59. The number of ether oxygens (including phenoxy) is 2. The SMILES string of the molecule is OC(c1ccc(F)c(Br)c1)c1ccc2c(c1)OCCCO2. The first-order valence-electron chi connectivity index (χ1n) is 6.68. The molecule has 0 aromatic heterocycles. The molecule has 0 radical (unpaired) electrons. The first-order valence-corrected chi connectivity index (χ1v) is 7.47. The van der Waals surface area contributed by atoms with Crippen LogP contribution >= 0.6 is 15.9 Å². The molecule has 5 heteroatoms. The van der Waals surface area contributed by atoms with Crippen molar-refractivity contribution < 1.29 is 19.0 Å². The van der Waals surface area contributed by atoms with E-state index in [0.29, 0.717) is 40.3 Å². The van der Waals surface area contributed by atoms with E-state index in [1.165, 1.54) is 6.07 Å². The molecule has 1 N–H and O–H groups in total. The van der Waals surface area contributed by atoms with Gasteiger partial charge in [0.15, 0.2) is 11.5 Å². The second-order valence-electron chi connectivity index (χ2n) is 4.83. The van der Waals surface area contributed by atoms with Crippen LogP contribution in [0.25, 0.3) is 0 Å². The quantitative estimate of drug-likeness (QED) is 0.892. The van der Waals surface area contributed by atoms with Crippen molar-refractivity contribution in [1.82, 2.24) is 0 Å². The van der Waals surface area contributed by atoms with Crippen molar-refractivity contribution in [3.05, 3.63) is 57.8 Å². The van der Waals surface area contributed by atoms with Crippen LogP contribution in [0.1, 0.15) is 23.7 Å². The number of halogens is 2. The molecule has 1 atom stereocenters. The van der Waals surface area contributed by atoms with Crippen molar-refractivity contribution in [2.45, 2.75) is 12.5 Å². The molecule has 110 valence electrons. The molecule has 1 aliphatic heterocycles. The normalized spacial score (nSPS) is 15.4. The average molecular weight is 353 g/mol. The van der Waals surface area contributed by atoms with Crippen molar-refractivity contribution in [1.29, 1.82) is 0 Å². The number of hydrogen-bond donors (Lipinski definition) is 1. The van der Waals surface area contributed by atoms with Gasteiger partial charge in [-0.05, 0) is 51.3 Å². The van der Waals surface area contributed by atoms with Crippen LogP contribution in [0.3, 0.4) is 0 Å². The molecular formula is C16H14BrFO3. The third-order valence-electron chi connectivity index (χ3n) is 3.35. The molecule has 2 aromatic rings. The highest BCUT2D eigenvalue weighted by Gasteiger charge is 2.16. The third kappa shape index (κ3) is 3.04. The molecule has 1 aliphatic rings. The summed E-state index contributed by atoms with van der Waals surface area (Å²) >= 11 is 3.13. The zero-order chi connectivity index (χ0) is 14.8. The van der Waals surface area contributed by atoms with Crippen molar-refractivity contribution in [2.24, 2.45) is 0 Å². The summed E-state index contributed by atoms with van der Waals surface area (Å²) in [5.74, 6) is 0.957. The molecule has 0 amide bonds. The maximum Gasteiger partial charge on any atom is 0.161 e. The molecule has 3 nitrogen and oxygen atoms in total. The summed E-state index contributed by atoms with van der Waals surface area (Å²) in [4.78, 5) is 0. The summed E-state index contributed by atoms with van der Waals surface area (Å²) in [5, 5.41) is 10.4. The molecule has 1 heterocycles. The van der Waals surface area contributed by atoms with E-state index in [4.69, 9.17) is 9.47 Å². The van der Waals surface area contributed by atoms with E-state index >= 15 is 0 Å². The largest absolute Gasteiger partial charge is 0.490 e. The molecule has 3 rings (SSSR count). The van der Waals surface area contributed by atoms with Crippen LogP contribution in [-0.4, -0.2) is 18.3 Å². The Kier molecular flexibility index (Phi) is 4.12. The lowest BCUT2D eigenvalue weighted by Crippen LogP contribution is -2.01. The molecule has 21 heavy (non-hydrogen) atoms. The minimum absolute atomic E-state index is 0.327. The minimum Gasteiger partial charge on any atom is -0.490 e. The number of benzene rings is 2. The summed E-state index contributed by atoms with van der Waals surface area (Å²) in [5.41, 5.74) is 1.29. The van der Waals surface area contributed by atoms with Crippen molar-refractivity contribution in [3.8, 4) is 11.5 Å². The Bertz CT molecular complexity index is 660. The summed E-state index contributed by atoms with van der Waals surface area (Å²) < 4.78 is 24.8. The van der Waals surface area contributed by atoms with Crippen molar-refractivity contribution in [2.75, 3.05) is 13.2 Å². The van der Waals surface area contributed by atoms with E-state index in [1.807, 2.05) is 0 Å². The predicted octanol–water partition coefficient (Wildman–Crippen LogP) is 3.83. The highest BCUT2D eigenvalue weighted by Crippen LogP contribution is 2.34. The van der Waals surface area contributed by atoms with Crippen LogP contribution in [0, 0.1) is 5.82 Å². The summed E-state index contributed by atoms with van der Waals surface area (Å²) in [6.45, 7) is 1.22. The predicted molar refractivity (Wildman–Crippen MR) is 80.2 cm³/mol. The molecular weight excluding hydrogens is 339 g/mol. The fourth-order valence-electron chi connectivity index (χ4n) is 2.22. The fourth-order valence-corrected chi connectivity index (χ4v) is 2.62. The van der Waals surface area contributed by atoms with E-state index < -0.39 is 6.10 Å². The van der Waals surface area contributed by atoms with Gasteiger partial charge >= 0.3 is 0 Å². The topological polar surface area (TPSA) is 38.7 Å². The van der Waals surface area contributed by atoms with Crippen molar-refractivity contribution in [3.63, 3.8) is 0 Å². The molecule has 0 saturated carbocycles. The number of aliphatic hydroxyl groups excluding tert-OH is 1. The van der Waals surface area contributed by atoms with Crippen LogP contribution in [0.2, 0.25) is 0 Å². The summed E-state index contributed by atoms with van der Waals surface area (Å²) in [6, 6.07) is 9.80. The number of aliphatic hydroxyl groups is 1. The van der Waals surface area contributed by atoms with E-state index in [0.717, 1.165) is 6.42 Å². The van der Waals surface area contributed by atoms with Crippen LogP contribution in [-0.2, 0) is 0 Å². The van der Waals surface area contributed by atoms with Crippen LogP contribution in [0.5, 0.6) is 11.5 Å². The smallest absolute Gasteiger partial charge is 0.161 e. The fraction of sp³-hybridized carbons (Fsp3) is 0.250. The van der Waals surface area contributed by atoms with E-state index in [9.17, 15) is 9.50 Å². The monoisotopic (exact) mass is 352 g/mol. The Morgan fingerprint density at radius 3 is 2.43 bits per heavy atom. The Morgan fingerprint density at radius 1 is 1.00 bits per heavy atom. The standard InChI is InChI=1S/C16H14BrFO3/c17-12-8-10(2-4-13(12)18)16(19)11-3-5-14-15(9-11)21-7-1-6-20-14/h2-5,8-9,16,19H,1,6-7H2. The lowest BCUT2D eigenvalue weighted by Gasteiger charge is -2.15. The van der Waals surface area contributed by atoms with Gasteiger partial charge in [0.05, 0.1) is 17.7 Å². The Balaban J connectivity index is 1.92. The lowest BCUT2D eigenvalue weighted by atomic mass is 10.0. The molecule has 0 saturated heterocycles. The van der Waals surface area contributed by atoms with Gasteiger partial charge in [0.25, 0.3) is 0 Å². The zero-order valence-electron chi connectivity index (χ0n) is 11.2. The summed E-state index contributed by atoms with van der Waals surface area (Å²) in [6.07, 6.45) is -0.0173. The van der Waals surface area contributed by atoms with E-state index in [-0.39, 0.29) is 5.82 Å². The molecule has 2 aromatic carbocycles. The first kappa shape index (κ1) is 14.4. The molecule has 0 spiro atoms. The molecule has 0 bridgehead atoms. The van der Waals surface area contributed by atoms with Gasteiger partial charge < -0.3 is 14.6 Å². The highest BCUT2D eigenvalue weighted by molar-refractivity contribution is 9.10. The van der Waals surface area contributed by atoms with Gasteiger partial charge in [-0.2, -0.15) is 0 Å². The number of hydrogen-bond acceptors (Lipinski definition) is 3. The molecule has 0 fully saturated rings. The zero-order valence-corrected chi connectivity index (χ0v) is 12.8. The average Bonchev–Trinajstić information content (AvgIpc) is 2.73. The van der Waals surface area contributed by atoms with Gasteiger partial charge in [-0.15, -0.1) is 0 Å². The summed E-state index contributed by atoms with van der Waals surface area (Å²) in [7, 11) is 0. The van der Waals surface area contributed by atoms with Gasteiger partial charge in [0.2, 0.25) is 0 Å². The Morgan fingerprint density at radius 2 is 1.67 bits per heavy atom. The van der Waals surface area contributed by atoms with Crippen LogP contribution in [0.15, 0.2) is 40.9 Å². The van der Waals surface area contributed by atoms with Crippen molar-refractivity contribution >= 4 is 15.9 Å². The van der Waals surface area contributed by atoms with Gasteiger partial charge in [0, 0.05) is 6.42 Å². The maximum absolute atomic E-state index is 13.3. The van der Waals surface area contributed by atoms with E-state index in [2.05, 4.69) is 15.9 Å². The number of fused-ring (bicyclic) bond motifs is 1. The third-order valence-corrected chi connectivity index (χ3v) is 3.95. The van der Waals surface area contributed by atoms with Gasteiger partial charge in [-0.3, -0.25) is 0 Å². The number of rotatable bonds is 2. The van der Waals surface area contributed by atoms with Gasteiger partial charge in [-0.25, -0.2) is 4.39 Å². The van der Waals surface area contributed by atoms with Crippen LogP contribution in [0.4, 0.5) is 4.39 Å². The van der Waals surface area contributed by atoms with Crippen LogP contribution < -0.4 is 9.47 Å². The second-order valence-corrected chi connectivity index (χ2v) is 5.69. The van der Waals surface area contributed by atoms with Gasteiger partial charge in [-0.1, -0.05) is 12.1 Å². The molecule has 0 aliphatic carbocycles. The second kappa shape index (κ2) is 6.03. The first-order chi connectivity index (χ1) is 10.1. The maximum atomic E-state index is 13.3. The highest BCUT2D eigenvalue weighted by atomic mass is 79.9. The molecule has 1 unspecified atom stereocenters. The lowest BCUT2D eigenvalue weighted by molar-refractivity contribution is 0.219. The minimum atomic E-state index is -0.848. The van der Waals surface area contributed by atoms with Gasteiger partial charge in [0.1, 0.15) is 11.9 Å². The van der Waals surface area contributed by atoms with E-state index in [1.54, 1.807) is 30.3 Å².